The van der Waals surface area contributed by atoms with Gasteiger partial charge in [-0.3, -0.25) is 0 Å². The molecule has 0 aliphatic heterocycles. The molecule has 3 rings (SSSR count). The monoisotopic (exact) mass is 491 g/mol. The zero-order valence-electron chi connectivity index (χ0n) is 15.7. The van der Waals surface area contributed by atoms with Crippen LogP contribution in [0.15, 0.2) is 64.5 Å². The van der Waals surface area contributed by atoms with Gasteiger partial charge in [-0.2, -0.15) is 13.2 Å². The molecule has 1 heterocycles. The number of ether oxygens (including phenoxy) is 1. The molecule has 0 spiro atoms. The van der Waals surface area contributed by atoms with E-state index in [1.165, 1.54) is 16.8 Å². The van der Waals surface area contributed by atoms with Crippen molar-refractivity contribution in [1.29, 1.82) is 0 Å². The van der Waals surface area contributed by atoms with E-state index >= 15 is 0 Å². The number of rotatable bonds is 7. The Morgan fingerprint density at radius 1 is 1.13 bits per heavy atom. The summed E-state index contributed by atoms with van der Waals surface area (Å²) in [6.45, 7) is -0.753. The molecule has 0 saturated carbocycles. The van der Waals surface area contributed by atoms with Gasteiger partial charge in [-0.05, 0) is 55.2 Å². The molecule has 0 bridgehead atoms. The molecule has 30 heavy (non-hydrogen) atoms. The van der Waals surface area contributed by atoms with E-state index in [9.17, 15) is 22.0 Å². The normalized spacial score (nSPS) is 17.3. The molecule has 1 aliphatic rings. The minimum absolute atomic E-state index is 0.0894. The van der Waals surface area contributed by atoms with Crippen LogP contribution in [0.25, 0.3) is 5.69 Å². The molecular formula is C21H19BrF5NO2. The van der Waals surface area contributed by atoms with Gasteiger partial charge in [-0.15, -0.1) is 0 Å². The molecule has 1 aromatic heterocycles. The molecule has 1 aliphatic carbocycles. The van der Waals surface area contributed by atoms with E-state index in [4.69, 9.17) is 9.84 Å². The summed E-state index contributed by atoms with van der Waals surface area (Å²) < 4.78 is 76.4. The fraction of sp³-hybridized carbons (Fsp3) is 0.333. The van der Waals surface area contributed by atoms with Crippen LogP contribution >= 0.6 is 15.9 Å². The van der Waals surface area contributed by atoms with E-state index in [0.717, 1.165) is 10.5 Å². The standard InChI is InChI=1S/C21H19BrF5NO2/c22-14-3-5-15(6-4-14)28-8-7-16(21(25,26)27)19(28)12-30-20-17(23)10-13(2-1-9-29)11-18(20)24/h3-8,10,13,29H,1-2,9,11-12H2. The van der Waals surface area contributed by atoms with Gasteiger partial charge in [0.25, 0.3) is 0 Å². The number of alkyl halides is 3. The van der Waals surface area contributed by atoms with Gasteiger partial charge in [0.05, 0.1) is 11.3 Å². The van der Waals surface area contributed by atoms with Crippen LogP contribution in [0.4, 0.5) is 22.0 Å². The van der Waals surface area contributed by atoms with Crippen molar-refractivity contribution in [3.8, 4) is 5.69 Å². The Morgan fingerprint density at radius 2 is 1.83 bits per heavy atom. The van der Waals surface area contributed by atoms with Gasteiger partial charge in [0, 0.05) is 29.4 Å². The predicted octanol–water partition coefficient (Wildman–Crippen LogP) is 6.60. The van der Waals surface area contributed by atoms with E-state index in [2.05, 4.69) is 15.9 Å². The lowest BCUT2D eigenvalue weighted by molar-refractivity contribution is -0.138. The Labute approximate surface area is 178 Å². The summed E-state index contributed by atoms with van der Waals surface area (Å²) in [4.78, 5) is 0. The van der Waals surface area contributed by atoms with Crippen molar-refractivity contribution in [1.82, 2.24) is 4.57 Å². The first-order chi connectivity index (χ1) is 14.2. The lowest BCUT2D eigenvalue weighted by Crippen LogP contribution is -2.13. The third-order valence-electron chi connectivity index (χ3n) is 4.78. The van der Waals surface area contributed by atoms with Gasteiger partial charge in [0.15, 0.2) is 11.6 Å². The average Bonchev–Trinajstić information content (AvgIpc) is 3.10. The topological polar surface area (TPSA) is 34.4 Å². The highest BCUT2D eigenvalue weighted by Crippen LogP contribution is 2.37. The van der Waals surface area contributed by atoms with Gasteiger partial charge >= 0.3 is 6.18 Å². The molecular weight excluding hydrogens is 473 g/mol. The summed E-state index contributed by atoms with van der Waals surface area (Å²) >= 11 is 3.27. The van der Waals surface area contributed by atoms with E-state index < -0.39 is 41.7 Å². The molecule has 9 heteroatoms. The van der Waals surface area contributed by atoms with Crippen molar-refractivity contribution in [3.63, 3.8) is 0 Å². The summed E-state index contributed by atoms with van der Waals surface area (Å²) in [6.07, 6.45) is -1.55. The number of hydrogen-bond donors (Lipinski definition) is 1. The first-order valence-electron chi connectivity index (χ1n) is 9.24. The third kappa shape index (κ3) is 5.13. The number of allylic oxidation sites excluding steroid dienone is 3. The van der Waals surface area contributed by atoms with Crippen LogP contribution in [0.3, 0.4) is 0 Å². The number of aliphatic hydroxyl groups excluding tert-OH is 1. The van der Waals surface area contributed by atoms with Crippen LogP contribution in [0.1, 0.15) is 30.5 Å². The minimum atomic E-state index is -4.65. The number of benzene rings is 1. The molecule has 162 valence electrons. The molecule has 1 aromatic carbocycles. The Hall–Kier alpha value is -2.13. The second-order valence-electron chi connectivity index (χ2n) is 6.89. The smallest absolute Gasteiger partial charge is 0.418 e. The first-order valence-corrected chi connectivity index (χ1v) is 10.0. The Kier molecular flexibility index (Phi) is 7.02. The maximum absolute atomic E-state index is 14.4. The van der Waals surface area contributed by atoms with Crippen LogP contribution in [0, 0.1) is 5.92 Å². The summed E-state index contributed by atoms with van der Waals surface area (Å²) in [7, 11) is 0. The van der Waals surface area contributed by atoms with Gasteiger partial charge < -0.3 is 14.4 Å². The molecule has 1 N–H and O–H groups in total. The van der Waals surface area contributed by atoms with Crippen LogP contribution < -0.4 is 0 Å². The van der Waals surface area contributed by atoms with Gasteiger partial charge in [0.1, 0.15) is 12.4 Å². The van der Waals surface area contributed by atoms with Gasteiger partial charge in [0.2, 0.25) is 0 Å². The molecule has 0 amide bonds. The Bertz CT molecular complexity index is 947. The van der Waals surface area contributed by atoms with Crippen molar-refractivity contribution < 1.29 is 31.8 Å². The number of nitrogens with zero attached hydrogens (tertiary/aromatic N) is 1. The maximum Gasteiger partial charge on any atom is 0.418 e. The van der Waals surface area contributed by atoms with Crippen molar-refractivity contribution >= 4 is 15.9 Å². The summed E-state index contributed by atoms with van der Waals surface area (Å²) in [6, 6.07) is 7.47. The fourth-order valence-corrected chi connectivity index (χ4v) is 3.60. The summed E-state index contributed by atoms with van der Waals surface area (Å²) in [5.74, 6) is -2.90. The molecule has 1 atom stereocenters. The van der Waals surface area contributed by atoms with Crippen LogP contribution in [-0.2, 0) is 17.5 Å². The third-order valence-corrected chi connectivity index (χ3v) is 5.30. The fourth-order valence-electron chi connectivity index (χ4n) is 3.33. The lowest BCUT2D eigenvalue weighted by Gasteiger charge is -2.21. The van der Waals surface area contributed by atoms with Crippen molar-refractivity contribution in [2.75, 3.05) is 6.61 Å². The highest BCUT2D eigenvalue weighted by atomic mass is 79.9. The van der Waals surface area contributed by atoms with E-state index in [0.29, 0.717) is 18.5 Å². The highest BCUT2D eigenvalue weighted by Gasteiger charge is 2.36. The number of aliphatic hydroxyl groups is 1. The highest BCUT2D eigenvalue weighted by molar-refractivity contribution is 9.10. The first kappa shape index (κ1) is 22.6. The quantitative estimate of drug-likeness (QED) is 0.442. The molecule has 0 fully saturated rings. The summed E-state index contributed by atoms with van der Waals surface area (Å²) in [5.41, 5.74) is -0.752. The number of hydrogen-bond acceptors (Lipinski definition) is 2. The number of aromatic nitrogens is 1. The van der Waals surface area contributed by atoms with Crippen molar-refractivity contribution in [3.05, 3.63) is 75.7 Å². The van der Waals surface area contributed by atoms with Crippen LogP contribution in [0.2, 0.25) is 0 Å². The SMILES string of the molecule is OCCCC1C=C(F)C(OCc2c(C(F)(F)F)ccn2-c2ccc(Br)cc2)=C(F)C1. The predicted molar refractivity (Wildman–Crippen MR) is 105 cm³/mol. The molecule has 3 nitrogen and oxygen atoms in total. The lowest BCUT2D eigenvalue weighted by atomic mass is 9.94. The van der Waals surface area contributed by atoms with Crippen molar-refractivity contribution in [2.24, 2.45) is 5.92 Å². The van der Waals surface area contributed by atoms with E-state index in [1.807, 2.05) is 0 Å². The van der Waals surface area contributed by atoms with Crippen molar-refractivity contribution in [2.45, 2.75) is 32.0 Å². The van der Waals surface area contributed by atoms with E-state index in [-0.39, 0.29) is 18.7 Å². The zero-order chi connectivity index (χ0) is 21.9. The average molecular weight is 492 g/mol. The van der Waals surface area contributed by atoms with Gasteiger partial charge in [-0.25, -0.2) is 8.78 Å². The minimum Gasteiger partial charge on any atom is -0.482 e. The second-order valence-corrected chi connectivity index (χ2v) is 7.80. The molecule has 0 saturated heterocycles. The van der Waals surface area contributed by atoms with E-state index in [1.54, 1.807) is 24.3 Å². The Balaban J connectivity index is 1.86. The van der Waals surface area contributed by atoms with Crippen LogP contribution in [0.5, 0.6) is 0 Å². The second kappa shape index (κ2) is 9.34. The van der Waals surface area contributed by atoms with Gasteiger partial charge in [-0.1, -0.05) is 15.9 Å². The molecule has 0 radical (unpaired) electrons. The zero-order valence-corrected chi connectivity index (χ0v) is 17.3. The number of halogens is 6. The Morgan fingerprint density at radius 3 is 2.43 bits per heavy atom. The maximum atomic E-state index is 14.4. The summed E-state index contributed by atoms with van der Waals surface area (Å²) in [5, 5.41) is 8.86. The molecule has 2 aromatic rings. The van der Waals surface area contributed by atoms with Crippen LogP contribution in [-0.4, -0.2) is 16.3 Å². The largest absolute Gasteiger partial charge is 0.482 e. The molecule has 1 unspecified atom stereocenters.